The fourth-order valence-corrected chi connectivity index (χ4v) is 1.86. The fraction of sp³-hybridized carbons (Fsp3) is 0.308. The van der Waals surface area contributed by atoms with Crippen LogP contribution in [0.1, 0.15) is 35.8 Å². The zero-order valence-electron chi connectivity index (χ0n) is 9.50. The van der Waals surface area contributed by atoms with Crippen molar-refractivity contribution >= 4 is 5.82 Å². The van der Waals surface area contributed by atoms with E-state index >= 15 is 0 Å². The van der Waals surface area contributed by atoms with Crippen molar-refractivity contribution in [2.75, 3.05) is 5.73 Å². The van der Waals surface area contributed by atoms with Crippen LogP contribution >= 0.6 is 0 Å². The van der Waals surface area contributed by atoms with Gasteiger partial charge < -0.3 is 5.73 Å². The Labute approximate surface area is 99.9 Å². The molecular formula is C13H14N4. The Bertz CT molecular complexity index is 520. The molecule has 0 aliphatic heterocycles. The van der Waals surface area contributed by atoms with Crippen molar-refractivity contribution in [1.29, 1.82) is 0 Å². The lowest BCUT2D eigenvalue weighted by atomic mass is 10.1. The van der Waals surface area contributed by atoms with E-state index in [0.717, 1.165) is 17.9 Å². The van der Waals surface area contributed by atoms with Crippen molar-refractivity contribution in [3.63, 3.8) is 0 Å². The van der Waals surface area contributed by atoms with Gasteiger partial charge in [-0.25, -0.2) is 9.97 Å². The Morgan fingerprint density at radius 1 is 1.18 bits per heavy atom. The molecule has 0 bridgehead atoms. The first-order valence-corrected chi connectivity index (χ1v) is 5.83. The summed E-state index contributed by atoms with van der Waals surface area (Å²) < 4.78 is 0. The van der Waals surface area contributed by atoms with Gasteiger partial charge in [-0.05, 0) is 30.5 Å². The highest BCUT2D eigenvalue weighted by Crippen LogP contribution is 2.38. The summed E-state index contributed by atoms with van der Waals surface area (Å²) in [5, 5.41) is 0. The normalized spacial score (nSPS) is 14.8. The van der Waals surface area contributed by atoms with Crippen LogP contribution in [-0.4, -0.2) is 15.0 Å². The summed E-state index contributed by atoms with van der Waals surface area (Å²) in [6.07, 6.45) is 6.76. The molecule has 0 spiro atoms. The zero-order chi connectivity index (χ0) is 11.7. The minimum absolute atomic E-state index is 0.537. The number of aromatic nitrogens is 3. The second kappa shape index (κ2) is 4.13. The van der Waals surface area contributed by atoms with Crippen molar-refractivity contribution in [1.82, 2.24) is 15.0 Å². The number of nitrogens with zero attached hydrogens (tertiary/aromatic N) is 3. The van der Waals surface area contributed by atoms with Gasteiger partial charge in [0.2, 0.25) is 0 Å². The quantitative estimate of drug-likeness (QED) is 0.868. The topological polar surface area (TPSA) is 64.7 Å². The van der Waals surface area contributed by atoms with Gasteiger partial charge in [-0.2, -0.15) is 0 Å². The molecule has 1 saturated carbocycles. The maximum Gasteiger partial charge on any atom is 0.134 e. The lowest BCUT2D eigenvalue weighted by molar-refractivity contribution is 0.892. The van der Waals surface area contributed by atoms with Crippen LogP contribution in [0.25, 0.3) is 0 Å². The molecular weight excluding hydrogens is 212 g/mol. The second-order valence-corrected chi connectivity index (χ2v) is 4.45. The molecule has 4 nitrogen and oxygen atoms in total. The van der Waals surface area contributed by atoms with Gasteiger partial charge in [-0.1, -0.05) is 0 Å². The van der Waals surface area contributed by atoms with Crippen molar-refractivity contribution in [3.8, 4) is 0 Å². The van der Waals surface area contributed by atoms with Crippen LogP contribution in [0.5, 0.6) is 0 Å². The maximum absolute atomic E-state index is 5.82. The summed E-state index contributed by atoms with van der Waals surface area (Å²) in [7, 11) is 0. The molecule has 1 aliphatic carbocycles. The van der Waals surface area contributed by atoms with Crippen molar-refractivity contribution in [2.24, 2.45) is 0 Å². The number of anilines is 1. The summed E-state index contributed by atoms with van der Waals surface area (Å²) >= 11 is 0. The van der Waals surface area contributed by atoms with Crippen LogP contribution in [0.4, 0.5) is 5.82 Å². The third kappa shape index (κ3) is 2.41. The minimum Gasteiger partial charge on any atom is -0.384 e. The number of nitrogen functional groups attached to an aromatic ring is 1. The summed E-state index contributed by atoms with van der Waals surface area (Å²) in [4.78, 5) is 12.9. The molecule has 0 atom stereocenters. The number of hydrogen-bond donors (Lipinski definition) is 1. The average molecular weight is 226 g/mol. The monoisotopic (exact) mass is 226 g/mol. The molecule has 0 unspecified atom stereocenters. The van der Waals surface area contributed by atoms with E-state index in [4.69, 9.17) is 5.73 Å². The highest BCUT2D eigenvalue weighted by atomic mass is 15.0. The lowest BCUT2D eigenvalue weighted by Gasteiger charge is -2.05. The van der Waals surface area contributed by atoms with Gasteiger partial charge in [-0.15, -0.1) is 0 Å². The molecule has 17 heavy (non-hydrogen) atoms. The average Bonchev–Trinajstić information content (AvgIpc) is 3.13. The summed E-state index contributed by atoms with van der Waals surface area (Å²) in [5.41, 5.74) is 8.00. The first-order chi connectivity index (χ1) is 8.31. The molecule has 2 aromatic heterocycles. The van der Waals surface area contributed by atoms with E-state index in [1.807, 2.05) is 18.2 Å². The molecule has 4 heteroatoms. The number of pyridine rings is 1. The number of rotatable bonds is 3. The lowest BCUT2D eigenvalue weighted by Crippen LogP contribution is -2.03. The fourth-order valence-electron chi connectivity index (χ4n) is 1.86. The molecule has 2 aromatic rings. The van der Waals surface area contributed by atoms with Crippen LogP contribution in [0.2, 0.25) is 0 Å². The Morgan fingerprint density at radius 3 is 2.65 bits per heavy atom. The van der Waals surface area contributed by atoms with Crippen molar-refractivity contribution < 1.29 is 0 Å². The smallest absolute Gasteiger partial charge is 0.134 e. The Morgan fingerprint density at radius 2 is 1.94 bits per heavy atom. The van der Waals surface area contributed by atoms with Gasteiger partial charge in [0.05, 0.1) is 5.69 Å². The number of nitrogens with two attached hydrogens (primary N) is 1. The van der Waals surface area contributed by atoms with Gasteiger partial charge in [0.15, 0.2) is 0 Å². The van der Waals surface area contributed by atoms with Crippen LogP contribution in [0.3, 0.4) is 0 Å². The Balaban J connectivity index is 1.87. The molecule has 0 aromatic carbocycles. The second-order valence-electron chi connectivity index (χ2n) is 4.45. The van der Waals surface area contributed by atoms with E-state index in [-0.39, 0.29) is 0 Å². The zero-order valence-corrected chi connectivity index (χ0v) is 9.50. The predicted octanol–water partition coefficient (Wildman–Crippen LogP) is 1.92. The van der Waals surface area contributed by atoms with Gasteiger partial charge in [0.1, 0.15) is 11.6 Å². The van der Waals surface area contributed by atoms with Gasteiger partial charge in [0.25, 0.3) is 0 Å². The van der Waals surface area contributed by atoms with Gasteiger partial charge >= 0.3 is 0 Å². The largest absolute Gasteiger partial charge is 0.384 e. The molecule has 86 valence electrons. The summed E-state index contributed by atoms with van der Waals surface area (Å²) in [6.45, 7) is 0. The molecule has 0 radical (unpaired) electrons. The molecule has 0 amide bonds. The predicted molar refractivity (Wildman–Crippen MR) is 65.5 cm³/mol. The van der Waals surface area contributed by atoms with Gasteiger partial charge in [0, 0.05) is 30.8 Å². The minimum atomic E-state index is 0.537. The molecule has 1 fully saturated rings. The Hall–Kier alpha value is -1.97. The summed E-state index contributed by atoms with van der Waals surface area (Å²) in [6, 6.07) is 5.84. The van der Waals surface area contributed by atoms with E-state index in [1.54, 1.807) is 12.4 Å². The van der Waals surface area contributed by atoms with Gasteiger partial charge in [-0.3, -0.25) is 4.98 Å². The van der Waals surface area contributed by atoms with E-state index < -0.39 is 0 Å². The van der Waals surface area contributed by atoms with Crippen molar-refractivity contribution in [3.05, 3.63) is 47.7 Å². The van der Waals surface area contributed by atoms with Crippen molar-refractivity contribution in [2.45, 2.75) is 25.2 Å². The molecule has 2 heterocycles. The first kappa shape index (κ1) is 10.2. The maximum atomic E-state index is 5.82. The third-order valence-electron chi connectivity index (χ3n) is 2.89. The van der Waals surface area contributed by atoms with Crippen LogP contribution in [0, 0.1) is 0 Å². The standard InChI is InChI=1S/C13H14N4/c14-12-8-11(7-9-3-5-15-6-4-9)16-13(17-12)10-1-2-10/h3-6,8,10H,1-2,7H2,(H2,14,16,17). The number of hydrogen-bond acceptors (Lipinski definition) is 4. The molecule has 1 aliphatic rings. The van der Waals surface area contributed by atoms with Crippen LogP contribution in [-0.2, 0) is 6.42 Å². The van der Waals surface area contributed by atoms with Crippen LogP contribution < -0.4 is 5.73 Å². The van der Waals surface area contributed by atoms with E-state index in [9.17, 15) is 0 Å². The molecule has 2 N–H and O–H groups in total. The first-order valence-electron chi connectivity index (χ1n) is 5.83. The third-order valence-corrected chi connectivity index (χ3v) is 2.89. The van der Waals surface area contributed by atoms with E-state index in [2.05, 4.69) is 15.0 Å². The van der Waals surface area contributed by atoms with E-state index in [1.165, 1.54) is 18.4 Å². The van der Waals surface area contributed by atoms with E-state index in [0.29, 0.717) is 11.7 Å². The van der Waals surface area contributed by atoms with Crippen LogP contribution in [0.15, 0.2) is 30.6 Å². The Kier molecular flexibility index (Phi) is 2.48. The molecule has 0 saturated heterocycles. The highest BCUT2D eigenvalue weighted by Gasteiger charge is 2.27. The SMILES string of the molecule is Nc1cc(Cc2ccncc2)nc(C2CC2)n1. The highest BCUT2D eigenvalue weighted by molar-refractivity contribution is 5.33. The molecule has 3 rings (SSSR count). The summed E-state index contributed by atoms with van der Waals surface area (Å²) in [5.74, 6) is 2.02.